The second kappa shape index (κ2) is 54.5. The molecule has 6 heteroatoms. The van der Waals surface area contributed by atoms with Gasteiger partial charge in [0.25, 0.3) is 0 Å². The van der Waals surface area contributed by atoms with Crippen molar-refractivity contribution in [3.05, 3.63) is 72.9 Å². The minimum Gasteiger partial charge on any atom is -0.462 e. The maximum Gasteiger partial charge on any atom is 0.310 e. The van der Waals surface area contributed by atoms with Gasteiger partial charge in [-0.05, 0) is 70.6 Å². The molecule has 0 radical (unpaired) electrons. The first-order valence-corrected chi connectivity index (χ1v) is 27.9. The standard InChI is InChI=1S/C60H104O6/c1-4-7-10-13-16-18-20-22-24-25-26-27-28-29-30-31-32-33-34-35-37-38-40-42-44-47-50-53-59(62)65-56-57(55-64-58(61)52-49-46-15-12-9-6-3)66-60(63)54-51-48-45-43-41-39-36-23-21-19-17-14-11-8-5-2/h8,11,17,19,23,25-26,36,41,43,48,51,57H,4-7,9-10,12-16,18,20-22,24,27-35,37-40,42,44-47,49-50,52-56H2,1-3H3/b11-8-,19-17-,26-25-,36-23-,43-41-,51-48-. The zero-order valence-electron chi connectivity index (χ0n) is 43.4. The molecule has 0 bridgehead atoms. The summed E-state index contributed by atoms with van der Waals surface area (Å²) in [6.07, 6.45) is 69.7. The fourth-order valence-corrected chi connectivity index (χ4v) is 7.81. The molecule has 0 N–H and O–H groups in total. The number of carbonyl (C=O) groups is 3. The lowest BCUT2D eigenvalue weighted by molar-refractivity contribution is -0.166. The van der Waals surface area contributed by atoms with Crippen molar-refractivity contribution in [2.24, 2.45) is 0 Å². The predicted octanol–water partition coefficient (Wildman–Crippen LogP) is 18.6. The van der Waals surface area contributed by atoms with Gasteiger partial charge in [-0.25, -0.2) is 0 Å². The van der Waals surface area contributed by atoms with Gasteiger partial charge in [0, 0.05) is 12.8 Å². The van der Waals surface area contributed by atoms with Gasteiger partial charge < -0.3 is 14.2 Å². The summed E-state index contributed by atoms with van der Waals surface area (Å²) >= 11 is 0. The SMILES string of the molecule is CC/C=C\C/C=C\C/C=C\C/C=C\C/C=C\CC(=O)OC(COC(=O)CCCCCCCC)COC(=O)CCCCCCCCCCCCCCCCC/C=C\CCCCCCCCCC. The van der Waals surface area contributed by atoms with Crippen molar-refractivity contribution >= 4 is 17.9 Å². The van der Waals surface area contributed by atoms with Gasteiger partial charge in [-0.15, -0.1) is 0 Å². The average Bonchev–Trinajstić information content (AvgIpc) is 3.31. The quantitative estimate of drug-likeness (QED) is 0.0262. The molecule has 0 saturated carbocycles. The molecule has 0 aromatic carbocycles. The first kappa shape index (κ1) is 62.8. The van der Waals surface area contributed by atoms with Crippen molar-refractivity contribution in [3.8, 4) is 0 Å². The minimum atomic E-state index is -0.825. The molecule has 0 rings (SSSR count). The Morgan fingerprint density at radius 1 is 0.333 bits per heavy atom. The molecular formula is C60H104O6. The Morgan fingerprint density at radius 2 is 0.636 bits per heavy atom. The van der Waals surface area contributed by atoms with Crippen molar-refractivity contribution in [1.82, 2.24) is 0 Å². The van der Waals surface area contributed by atoms with E-state index >= 15 is 0 Å². The number of carbonyl (C=O) groups excluding carboxylic acids is 3. The van der Waals surface area contributed by atoms with E-state index in [4.69, 9.17) is 14.2 Å². The van der Waals surface area contributed by atoms with Gasteiger partial charge in [0.2, 0.25) is 0 Å². The number of unbranched alkanes of at least 4 members (excludes halogenated alkanes) is 28. The molecule has 0 heterocycles. The maximum atomic E-state index is 12.7. The molecule has 0 aliphatic rings. The lowest BCUT2D eigenvalue weighted by Crippen LogP contribution is -2.30. The van der Waals surface area contributed by atoms with Crippen LogP contribution in [-0.2, 0) is 28.6 Å². The van der Waals surface area contributed by atoms with Gasteiger partial charge in [0.05, 0.1) is 6.42 Å². The number of esters is 3. The highest BCUT2D eigenvalue weighted by Crippen LogP contribution is 2.16. The van der Waals surface area contributed by atoms with Crippen molar-refractivity contribution in [2.45, 2.75) is 277 Å². The second-order valence-electron chi connectivity index (χ2n) is 18.5. The Balaban J connectivity index is 4.13. The summed E-state index contributed by atoms with van der Waals surface area (Å²) in [7, 11) is 0. The number of rotatable bonds is 50. The van der Waals surface area contributed by atoms with Gasteiger partial charge in [-0.2, -0.15) is 0 Å². The fraction of sp³-hybridized carbons (Fsp3) is 0.750. The van der Waals surface area contributed by atoms with Crippen LogP contribution < -0.4 is 0 Å². The summed E-state index contributed by atoms with van der Waals surface area (Å²) in [5.41, 5.74) is 0. The largest absolute Gasteiger partial charge is 0.462 e. The van der Waals surface area contributed by atoms with Gasteiger partial charge in [-0.1, -0.05) is 254 Å². The number of hydrogen-bond acceptors (Lipinski definition) is 6. The van der Waals surface area contributed by atoms with Crippen LogP contribution in [0.5, 0.6) is 0 Å². The molecule has 380 valence electrons. The molecule has 0 aliphatic carbocycles. The van der Waals surface area contributed by atoms with Crippen LogP contribution in [-0.4, -0.2) is 37.2 Å². The highest BCUT2D eigenvalue weighted by molar-refractivity contribution is 5.72. The summed E-state index contributed by atoms with van der Waals surface area (Å²) < 4.78 is 16.6. The van der Waals surface area contributed by atoms with Gasteiger partial charge in [-0.3, -0.25) is 14.4 Å². The number of hydrogen-bond donors (Lipinski definition) is 0. The topological polar surface area (TPSA) is 78.9 Å². The van der Waals surface area contributed by atoms with Crippen molar-refractivity contribution < 1.29 is 28.6 Å². The predicted molar refractivity (Wildman–Crippen MR) is 284 cm³/mol. The van der Waals surface area contributed by atoms with E-state index in [2.05, 4.69) is 81.5 Å². The third-order valence-corrected chi connectivity index (χ3v) is 12.0. The second-order valence-corrected chi connectivity index (χ2v) is 18.5. The molecule has 0 aromatic rings. The van der Waals surface area contributed by atoms with E-state index in [-0.39, 0.29) is 31.6 Å². The molecule has 66 heavy (non-hydrogen) atoms. The van der Waals surface area contributed by atoms with Crippen LogP contribution >= 0.6 is 0 Å². The van der Waals surface area contributed by atoms with Crippen LogP contribution in [0.15, 0.2) is 72.9 Å². The maximum absolute atomic E-state index is 12.7. The molecule has 0 fully saturated rings. The Labute approximate surface area is 408 Å². The van der Waals surface area contributed by atoms with Crippen LogP contribution in [0.4, 0.5) is 0 Å². The van der Waals surface area contributed by atoms with Gasteiger partial charge in [0.1, 0.15) is 13.2 Å². The molecule has 0 amide bonds. The Bertz CT molecular complexity index is 1240. The van der Waals surface area contributed by atoms with E-state index in [1.54, 1.807) is 6.08 Å². The summed E-state index contributed by atoms with van der Waals surface area (Å²) in [6.45, 7) is 6.39. The van der Waals surface area contributed by atoms with Crippen molar-refractivity contribution in [1.29, 1.82) is 0 Å². The van der Waals surface area contributed by atoms with Crippen LogP contribution in [0.2, 0.25) is 0 Å². The lowest BCUT2D eigenvalue weighted by Gasteiger charge is -2.18. The lowest BCUT2D eigenvalue weighted by atomic mass is 10.0. The normalized spacial score (nSPS) is 12.6. The van der Waals surface area contributed by atoms with Crippen LogP contribution in [0.1, 0.15) is 271 Å². The molecule has 6 nitrogen and oxygen atoms in total. The molecule has 0 saturated heterocycles. The summed E-state index contributed by atoms with van der Waals surface area (Å²) in [6, 6.07) is 0. The summed E-state index contributed by atoms with van der Waals surface area (Å²) in [5, 5.41) is 0. The third-order valence-electron chi connectivity index (χ3n) is 12.0. The van der Waals surface area contributed by atoms with Crippen molar-refractivity contribution in [2.75, 3.05) is 13.2 Å². The Morgan fingerprint density at radius 3 is 0.985 bits per heavy atom. The zero-order valence-corrected chi connectivity index (χ0v) is 43.4. The molecule has 1 unspecified atom stereocenters. The van der Waals surface area contributed by atoms with Gasteiger partial charge >= 0.3 is 17.9 Å². The highest BCUT2D eigenvalue weighted by atomic mass is 16.6. The zero-order chi connectivity index (χ0) is 47.9. The molecule has 0 aliphatic heterocycles. The Kier molecular flexibility index (Phi) is 51.9. The minimum absolute atomic E-state index is 0.0989. The first-order chi connectivity index (χ1) is 32.5. The smallest absolute Gasteiger partial charge is 0.310 e. The van der Waals surface area contributed by atoms with Crippen LogP contribution in [0.3, 0.4) is 0 Å². The monoisotopic (exact) mass is 921 g/mol. The van der Waals surface area contributed by atoms with E-state index < -0.39 is 12.1 Å². The van der Waals surface area contributed by atoms with E-state index in [9.17, 15) is 14.4 Å². The van der Waals surface area contributed by atoms with E-state index in [0.717, 1.165) is 70.6 Å². The van der Waals surface area contributed by atoms with Crippen molar-refractivity contribution in [3.63, 3.8) is 0 Å². The molecule has 1 atom stereocenters. The average molecular weight is 921 g/mol. The fourth-order valence-electron chi connectivity index (χ4n) is 7.81. The molecule has 0 aromatic heterocycles. The summed E-state index contributed by atoms with van der Waals surface area (Å²) in [5.74, 6) is -1.05. The van der Waals surface area contributed by atoms with Gasteiger partial charge in [0.15, 0.2) is 6.10 Å². The summed E-state index contributed by atoms with van der Waals surface area (Å²) in [4.78, 5) is 37.7. The molecular weight excluding hydrogens is 817 g/mol. The van der Waals surface area contributed by atoms with Crippen LogP contribution in [0.25, 0.3) is 0 Å². The van der Waals surface area contributed by atoms with Crippen LogP contribution in [0, 0.1) is 0 Å². The third kappa shape index (κ3) is 51.8. The molecule has 0 spiro atoms. The first-order valence-electron chi connectivity index (χ1n) is 27.9. The van der Waals surface area contributed by atoms with E-state index in [0.29, 0.717) is 12.8 Å². The Hall–Kier alpha value is -3.15. The van der Waals surface area contributed by atoms with E-state index in [1.807, 2.05) is 6.08 Å². The van der Waals surface area contributed by atoms with E-state index in [1.165, 1.54) is 161 Å². The number of ether oxygens (including phenoxy) is 3. The highest BCUT2D eigenvalue weighted by Gasteiger charge is 2.19. The number of allylic oxidation sites excluding steroid dienone is 11.